The van der Waals surface area contributed by atoms with Gasteiger partial charge < -0.3 is 15.3 Å². The quantitative estimate of drug-likeness (QED) is 0.490. The monoisotopic (exact) mass is 260 g/mol. The summed E-state index contributed by atoms with van der Waals surface area (Å²) < 4.78 is 0. The van der Waals surface area contributed by atoms with Gasteiger partial charge in [-0.25, -0.2) is 0 Å². The molecule has 0 aliphatic heterocycles. The molecule has 0 saturated carbocycles. The number of hydrogen-bond acceptors (Lipinski definition) is 3. The van der Waals surface area contributed by atoms with E-state index in [1.54, 1.807) is 0 Å². The maximum Gasteiger partial charge on any atom is 0.307 e. The van der Waals surface area contributed by atoms with Crippen LogP contribution >= 0.6 is 0 Å². The van der Waals surface area contributed by atoms with Crippen LogP contribution in [0.3, 0.4) is 0 Å². The number of unbranched alkanes of at least 4 members (excludes halogenated alkanes) is 4. The lowest BCUT2D eigenvalue weighted by Crippen LogP contribution is -2.17. The fourth-order valence-electron chi connectivity index (χ4n) is 1.72. The van der Waals surface area contributed by atoms with Crippen molar-refractivity contribution in [1.29, 1.82) is 0 Å². The van der Waals surface area contributed by atoms with Crippen LogP contribution < -0.4 is 0 Å². The normalized spacial score (nSPS) is 12.0. The highest BCUT2D eigenvalue weighted by Gasteiger charge is 2.20. The van der Waals surface area contributed by atoms with Crippen LogP contribution in [0.2, 0.25) is 0 Å². The van der Waals surface area contributed by atoms with Gasteiger partial charge in [0.05, 0.1) is 12.3 Å². The first-order valence-electron chi connectivity index (χ1n) is 6.10. The number of carboxylic acids is 3. The topological polar surface area (TPSA) is 112 Å². The highest BCUT2D eigenvalue weighted by molar-refractivity contribution is 5.77. The van der Waals surface area contributed by atoms with Gasteiger partial charge >= 0.3 is 17.9 Å². The van der Waals surface area contributed by atoms with E-state index in [0.29, 0.717) is 19.3 Å². The minimum absolute atomic E-state index is 0.163. The molecular formula is C12H20O6. The Kier molecular flexibility index (Phi) is 8.61. The highest BCUT2D eigenvalue weighted by atomic mass is 16.4. The average Bonchev–Trinajstić information content (AvgIpc) is 2.25. The largest absolute Gasteiger partial charge is 0.481 e. The van der Waals surface area contributed by atoms with E-state index in [1.807, 2.05) is 0 Å². The zero-order valence-electron chi connectivity index (χ0n) is 10.3. The summed E-state index contributed by atoms with van der Waals surface area (Å²) in [6.07, 6.45) is 3.95. The zero-order valence-corrected chi connectivity index (χ0v) is 10.3. The van der Waals surface area contributed by atoms with Crippen molar-refractivity contribution in [3.05, 3.63) is 0 Å². The Morgan fingerprint density at radius 3 is 1.83 bits per heavy atom. The van der Waals surface area contributed by atoms with Crippen LogP contribution in [-0.4, -0.2) is 33.2 Å². The first kappa shape index (κ1) is 16.4. The summed E-state index contributed by atoms with van der Waals surface area (Å²) in [6, 6.07) is 0. The summed E-state index contributed by atoms with van der Waals surface area (Å²) in [4.78, 5) is 31.4. The van der Waals surface area contributed by atoms with Crippen LogP contribution in [0.4, 0.5) is 0 Å². The third-order valence-corrected chi connectivity index (χ3v) is 2.71. The fourth-order valence-corrected chi connectivity index (χ4v) is 1.72. The van der Waals surface area contributed by atoms with Gasteiger partial charge in [0.2, 0.25) is 0 Å². The van der Waals surface area contributed by atoms with Crippen LogP contribution in [0, 0.1) is 5.92 Å². The van der Waals surface area contributed by atoms with E-state index in [0.717, 1.165) is 19.3 Å². The molecule has 6 nitrogen and oxygen atoms in total. The van der Waals surface area contributed by atoms with Crippen molar-refractivity contribution in [2.75, 3.05) is 0 Å². The Hall–Kier alpha value is -1.59. The minimum atomic E-state index is -1.09. The van der Waals surface area contributed by atoms with Crippen molar-refractivity contribution in [3.8, 4) is 0 Å². The summed E-state index contributed by atoms with van der Waals surface area (Å²) in [5, 5.41) is 25.7. The standard InChI is InChI=1S/C12H20O6/c13-10(14)7-5-3-1-2-4-6-9(12(17)18)8-11(15)16/h9H,1-8H2,(H,13,14)(H,15,16)(H,17,18). The molecule has 0 fully saturated rings. The van der Waals surface area contributed by atoms with E-state index in [9.17, 15) is 14.4 Å². The molecule has 0 heterocycles. The molecule has 0 aromatic heterocycles. The molecule has 6 heteroatoms. The highest BCUT2D eigenvalue weighted by Crippen LogP contribution is 2.15. The number of rotatable bonds is 11. The molecular weight excluding hydrogens is 240 g/mol. The van der Waals surface area contributed by atoms with Gasteiger partial charge in [-0.3, -0.25) is 14.4 Å². The van der Waals surface area contributed by atoms with Crippen molar-refractivity contribution < 1.29 is 29.7 Å². The van der Waals surface area contributed by atoms with Crippen molar-refractivity contribution >= 4 is 17.9 Å². The molecule has 0 radical (unpaired) electrons. The van der Waals surface area contributed by atoms with Gasteiger partial charge in [0.25, 0.3) is 0 Å². The van der Waals surface area contributed by atoms with Gasteiger partial charge in [0.1, 0.15) is 0 Å². The summed E-state index contributed by atoms with van der Waals surface area (Å²) in [5.74, 6) is -3.78. The van der Waals surface area contributed by atoms with Crippen molar-refractivity contribution in [2.45, 2.75) is 51.4 Å². The van der Waals surface area contributed by atoms with E-state index in [4.69, 9.17) is 15.3 Å². The van der Waals surface area contributed by atoms with Crippen LogP contribution in [0.15, 0.2) is 0 Å². The molecule has 0 spiro atoms. The van der Waals surface area contributed by atoms with E-state index >= 15 is 0 Å². The van der Waals surface area contributed by atoms with Gasteiger partial charge in [-0.1, -0.05) is 25.7 Å². The molecule has 0 aliphatic rings. The summed E-state index contributed by atoms with van der Waals surface area (Å²) in [6.45, 7) is 0. The van der Waals surface area contributed by atoms with Crippen LogP contribution in [0.1, 0.15) is 51.4 Å². The molecule has 0 aromatic carbocycles. The Bertz CT molecular complexity index is 286. The number of carboxylic acid groups (broad SMARTS) is 3. The molecule has 1 atom stereocenters. The van der Waals surface area contributed by atoms with Gasteiger partial charge in [-0.05, 0) is 12.8 Å². The Morgan fingerprint density at radius 2 is 1.33 bits per heavy atom. The molecule has 1 unspecified atom stereocenters. The summed E-state index contributed by atoms with van der Waals surface area (Å²) in [7, 11) is 0. The summed E-state index contributed by atoms with van der Waals surface area (Å²) in [5.41, 5.74) is 0. The Morgan fingerprint density at radius 1 is 0.778 bits per heavy atom. The zero-order chi connectivity index (χ0) is 14.0. The van der Waals surface area contributed by atoms with E-state index in [2.05, 4.69) is 0 Å². The molecule has 0 saturated heterocycles. The van der Waals surface area contributed by atoms with Gasteiger partial charge in [0, 0.05) is 6.42 Å². The second-order valence-electron chi connectivity index (χ2n) is 4.33. The Labute approximate surface area is 106 Å². The van der Waals surface area contributed by atoms with Gasteiger partial charge in [0.15, 0.2) is 0 Å². The summed E-state index contributed by atoms with van der Waals surface area (Å²) >= 11 is 0. The van der Waals surface area contributed by atoms with Gasteiger partial charge in [-0.2, -0.15) is 0 Å². The van der Waals surface area contributed by atoms with Gasteiger partial charge in [-0.15, -0.1) is 0 Å². The van der Waals surface area contributed by atoms with E-state index < -0.39 is 23.8 Å². The maximum absolute atomic E-state index is 10.7. The van der Waals surface area contributed by atoms with E-state index in [-0.39, 0.29) is 12.8 Å². The molecule has 0 aromatic rings. The first-order valence-corrected chi connectivity index (χ1v) is 6.10. The minimum Gasteiger partial charge on any atom is -0.481 e. The molecule has 18 heavy (non-hydrogen) atoms. The number of carbonyl (C=O) groups is 3. The van der Waals surface area contributed by atoms with Crippen LogP contribution in [0.5, 0.6) is 0 Å². The third-order valence-electron chi connectivity index (χ3n) is 2.71. The smallest absolute Gasteiger partial charge is 0.307 e. The molecule has 0 rings (SSSR count). The first-order chi connectivity index (χ1) is 8.43. The molecule has 0 aliphatic carbocycles. The van der Waals surface area contributed by atoms with Crippen molar-refractivity contribution in [2.24, 2.45) is 5.92 Å². The Balaban J connectivity index is 3.58. The SMILES string of the molecule is O=C(O)CCCCCCCC(CC(=O)O)C(=O)O. The lowest BCUT2D eigenvalue weighted by molar-refractivity contribution is -0.148. The predicted octanol–water partition coefficient (Wildman–Crippen LogP) is 1.98. The molecule has 0 amide bonds. The fraction of sp³-hybridized carbons (Fsp3) is 0.750. The average molecular weight is 260 g/mol. The molecule has 3 N–H and O–H groups in total. The maximum atomic E-state index is 10.7. The number of aliphatic carboxylic acids is 3. The van der Waals surface area contributed by atoms with Crippen LogP contribution in [0.25, 0.3) is 0 Å². The van der Waals surface area contributed by atoms with Crippen molar-refractivity contribution in [1.82, 2.24) is 0 Å². The molecule has 104 valence electrons. The van der Waals surface area contributed by atoms with Crippen molar-refractivity contribution in [3.63, 3.8) is 0 Å². The molecule has 0 bridgehead atoms. The lowest BCUT2D eigenvalue weighted by atomic mass is 9.97. The second kappa shape index (κ2) is 9.44. The number of hydrogen-bond donors (Lipinski definition) is 3. The predicted molar refractivity (Wildman–Crippen MR) is 63.3 cm³/mol. The van der Waals surface area contributed by atoms with E-state index in [1.165, 1.54) is 0 Å². The second-order valence-corrected chi connectivity index (χ2v) is 4.33. The lowest BCUT2D eigenvalue weighted by Gasteiger charge is -2.09. The van der Waals surface area contributed by atoms with Crippen LogP contribution in [-0.2, 0) is 14.4 Å². The third kappa shape index (κ3) is 9.62.